The molecule has 0 radical (unpaired) electrons. The van der Waals surface area contributed by atoms with Crippen LogP contribution in [0.1, 0.15) is 40.0 Å². The molecule has 0 aliphatic carbocycles. The van der Waals surface area contributed by atoms with Crippen molar-refractivity contribution in [2.24, 2.45) is 5.92 Å². The molecule has 82 valence electrons. The highest BCUT2D eigenvalue weighted by Gasteiger charge is 2.05. The Balaban J connectivity index is 3.22. The van der Waals surface area contributed by atoms with E-state index in [1.165, 1.54) is 0 Å². The first kappa shape index (κ1) is 13.3. The van der Waals surface area contributed by atoms with Crippen molar-refractivity contribution in [1.29, 1.82) is 0 Å². The molecule has 0 saturated heterocycles. The van der Waals surface area contributed by atoms with Crippen molar-refractivity contribution in [3.63, 3.8) is 0 Å². The second-order valence-electron chi connectivity index (χ2n) is 3.79. The van der Waals surface area contributed by atoms with Crippen LogP contribution in [0.25, 0.3) is 0 Å². The van der Waals surface area contributed by atoms with Gasteiger partial charge in [0.05, 0.1) is 6.61 Å². The molecule has 0 aromatic heterocycles. The van der Waals surface area contributed by atoms with Gasteiger partial charge < -0.3 is 4.74 Å². The van der Waals surface area contributed by atoms with Crippen molar-refractivity contribution < 1.29 is 14.3 Å². The summed E-state index contributed by atoms with van der Waals surface area (Å²) in [5.41, 5.74) is 0. The lowest BCUT2D eigenvalue weighted by molar-refractivity contribution is -0.122. The number of hydrogen-bond donors (Lipinski definition) is 0. The molecule has 0 atom stereocenters. The molecule has 0 aliphatic rings. The molecule has 0 heterocycles. The fraction of sp³-hybridized carbons (Fsp3) is 0.818. The Morgan fingerprint density at radius 3 is 2.29 bits per heavy atom. The smallest absolute Gasteiger partial charge is 0.135 e. The number of ketones is 2. The van der Waals surface area contributed by atoms with Crippen LogP contribution in [-0.2, 0) is 14.3 Å². The number of carbonyl (C=O) groups is 2. The Kier molecular flexibility index (Phi) is 7.30. The van der Waals surface area contributed by atoms with Gasteiger partial charge in [-0.25, -0.2) is 0 Å². The largest absolute Gasteiger partial charge is 0.381 e. The zero-order chi connectivity index (χ0) is 11.0. The summed E-state index contributed by atoms with van der Waals surface area (Å²) in [6.45, 7) is 6.40. The van der Waals surface area contributed by atoms with E-state index in [0.717, 1.165) is 6.42 Å². The zero-order valence-electron chi connectivity index (χ0n) is 9.34. The fourth-order valence-corrected chi connectivity index (χ4v) is 0.955. The molecule has 0 amide bonds. The molecule has 0 rings (SSSR count). The molecular formula is C11H20O3. The van der Waals surface area contributed by atoms with Crippen molar-refractivity contribution >= 4 is 11.6 Å². The molecule has 3 nitrogen and oxygen atoms in total. The van der Waals surface area contributed by atoms with Gasteiger partial charge in [0.15, 0.2) is 0 Å². The Morgan fingerprint density at radius 1 is 1.14 bits per heavy atom. The van der Waals surface area contributed by atoms with Gasteiger partial charge in [-0.1, -0.05) is 13.8 Å². The molecule has 0 N–H and O–H groups in total. The number of Topliss-reactive ketones (excluding diaryl/α,β-unsaturated/α-hetero) is 2. The van der Waals surface area contributed by atoms with Crippen LogP contribution in [0.15, 0.2) is 0 Å². The first-order valence-electron chi connectivity index (χ1n) is 5.14. The standard InChI is InChI=1S/C11H20O3/c1-9(2)11(13)5-4-7-14-8-6-10(3)12/h9H,4-8H2,1-3H3. The third kappa shape index (κ3) is 7.92. The molecule has 0 fully saturated rings. The minimum atomic E-state index is 0.118. The summed E-state index contributed by atoms with van der Waals surface area (Å²) in [5.74, 6) is 0.538. The van der Waals surface area contributed by atoms with E-state index in [2.05, 4.69) is 0 Å². The summed E-state index contributed by atoms with van der Waals surface area (Å²) in [5, 5.41) is 0. The lowest BCUT2D eigenvalue weighted by atomic mass is 10.1. The third-order valence-corrected chi connectivity index (χ3v) is 1.95. The molecule has 0 aliphatic heterocycles. The molecule has 0 unspecified atom stereocenters. The molecule has 3 heteroatoms. The number of rotatable bonds is 8. The van der Waals surface area contributed by atoms with Gasteiger partial charge in [-0.3, -0.25) is 9.59 Å². The molecule has 14 heavy (non-hydrogen) atoms. The van der Waals surface area contributed by atoms with E-state index in [1.807, 2.05) is 13.8 Å². The summed E-state index contributed by atoms with van der Waals surface area (Å²) in [7, 11) is 0. The molecular weight excluding hydrogens is 180 g/mol. The highest BCUT2D eigenvalue weighted by atomic mass is 16.5. The maximum absolute atomic E-state index is 11.2. The summed E-state index contributed by atoms with van der Waals surface area (Å²) in [6, 6.07) is 0. The van der Waals surface area contributed by atoms with Crippen LogP contribution in [0, 0.1) is 5.92 Å². The van der Waals surface area contributed by atoms with E-state index in [4.69, 9.17) is 4.74 Å². The van der Waals surface area contributed by atoms with E-state index in [0.29, 0.717) is 26.1 Å². The van der Waals surface area contributed by atoms with Gasteiger partial charge in [0.1, 0.15) is 11.6 Å². The predicted octanol–water partition coefficient (Wildman–Crippen LogP) is 1.99. The summed E-state index contributed by atoms with van der Waals surface area (Å²) in [4.78, 5) is 21.7. The number of carbonyl (C=O) groups excluding carboxylic acids is 2. The van der Waals surface area contributed by atoms with Crippen LogP contribution in [0.3, 0.4) is 0 Å². The van der Waals surface area contributed by atoms with Crippen LogP contribution in [0.5, 0.6) is 0 Å². The average Bonchev–Trinajstić information content (AvgIpc) is 2.09. The second-order valence-corrected chi connectivity index (χ2v) is 3.79. The predicted molar refractivity (Wildman–Crippen MR) is 55.2 cm³/mol. The Bertz CT molecular complexity index is 185. The lowest BCUT2D eigenvalue weighted by Gasteiger charge is -2.04. The number of hydrogen-bond acceptors (Lipinski definition) is 3. The second kappa shape index (κ2) is 7.68. The SMILES string of the molecule is CC(=O)CCOCCCC(=O)C(C)C. The topological polar surface area (TPSA) is 43.4 Å². The number of ether oxygens (including phenoxy) is 1. The minimum Gasteiger partial charge on any atom is -0.381 e. The van der Waals surface area contributed by atoms with Crippen molar-refractivity contribution in [2.75, 3.05) is 13.2 Å². The van der Waals surface area contributed by atoms with Gasteiger partial charge in [-0.2, -0.15) is 0 Å². The molecule has 0 saturated carbocycles. The first-order chi connectivity index (χ1) is 6.54. The highest BCUT2D eigenvalue weighted by molar-refractivity contribution is 5.80. The van der Waals surface area contributed by atoms with Gasteiger partial charge in [0.2, 0.25) is 0 Å². The maximum atomic E-state index is 11.2. The van der Waals surface area contributed by atoms with E-state index >= 15 is 0 Å². The third-order valence-electron chi connectivity index (χ3n) is 1.95. The summed E-state index contributed by atoms with van der Waals surface area (Å²) in [6.07, 6.45) is 1.81. The summed E-state index contributed by atoms with van der Waals surface area (Å²) < 4.78 is 5.20. The van der Waals surface area contributed by atoms with Crippen molar-refractivity contribution in [2.45, 2.75) is 40.0 Å². The van der Waals surface area contributed by atoms with Crippen molar-refractivity contribution in [3.05, 3.63) is 0 Å². The van der Waals surface area contributed by atoms with Gasteiger partial charge in [-0.15, -0.1) is 0 Å². The molecule has 0 bridgehead atoms. The van der Waals surface area contributed by atoms with Crippen LogP contribution in [0.2, 0.25) is 0 Å². The van der Waals surface area contributed by atoms with Gasteiger partial charge in [0.25, 0.3) is 0 Å². The monoisotopic (exact) mass is 200 g/mol. The lowest BCUT2D eigenvalue weighted by Crippen LogP contribution is -2.08. The Labute approximate surface area is 85.8 Å². The van der Waals surface area contributed by atoms with Gasteiger partial charge in [0, 0.05) is 25.4 Å². The molecule has 0 aromatic carbocycles. The summed E-state index contributed by atoms with van der Waals surface area (Å²) >= 11 is 0. The molecule has 0 spiro atoms. The van der Waals surface area contributed by atoms with Gasteiger partial charge >= 0.3 is 0 Å². The highest BCUT2D eigenvalue weighted by Crippen LogP contribution is 2.01. The van der Waals surface area contributed by atoms with Gasteiger partial charge in [-0.05, 0) is 13.3 Å². The average molecular weight is 200 g/mol. The van der Waals surface area contributed by atoms with E-state index < -0.39 is 0 Å². The van der Waals surface area contributed by atoms with Crippen LogP contribution in [-0.4, -0.2) is 24.8 Å². The van der Waals surface area contributed by atoms with E-state index in [-0.39, 0.29) is 17.5 Å². The zero-order valence-corrected chi connectivity index (χ0v) is 9.34. The van der Waals surface area contributed by atoms with Crippen LogP contribution < -0.4 is 0 Å². The van der Waals surface area contributed by atoms with E-state index in [9.17, 15) is 9.59 Å². The minimum absolute atomic E-state index is 0.118. The fourth-order valence-electron chi connectivity index (χ4n) is 0.955. The normalized spacial score (nSPS) is 10.6. The van der Waals surface area contributed by atoms with Crippen LogP contribution >= 0.6 is 0 Å². The van der Waals surface area contributed by atoms with Crippen LogP contribution in [0.4, 0.5) is 0 Å². The quantitative estimate of drug-likeness (QED) is 0.563. The molecule has 0 aromatic rings. The Morgan fingerprint density at radius 2 is 1.79 bits per heavy atom. The maximum Gasteiger partial charge on any atom is 0.135 e. The Hall–Kier alpha value is -0.700. The van der Waals surface area contributed by atoms with E-state index in [1.54, 1.807) is 6.92 Å². The first-order valence-corrected chi connectivity index (χ1v) is 5.14. The van der Waals surface area contributed by atoms with Crippen molar-refractivity contribution in [3.8, 4) is 0 Å². The van der Waals surface area contributed by atoms with Crippen molar-refractivity contribution in [1.82, 2.24) is 0 Å².